The van der Waals surface area contributed by atoms with E-state index in [0.29, 0.717) is 23.6 Å². The van der Waals surface area contributed by atoms with Gasteiger partial charge in [0, 0.05) is 17.9 Å². The molecule has 0 bridgehead atoms. The first kappa shape index (κ1) is 16.3. The number of methoxy groups -OCH3 is 1. The lowest BCUT2D eigenvalue weighted by atomic mass is 10.2. The van der Waals surface area contributed by atoms with Gasteiger partial charge in [-0.25, -0.2) is 0 Å². The molecule has 24 heavy (non-hydrogen) atoms. The summed E-state index contributed by atoms with van der Waals surface area (Å²) >= 11 is 0. The number of ether oxygens (including phenoxy) is 3. The summed E-state index contributed by atoms with van der Waals surface area (Å²) in [4.78, 5) is 12.4. The summed E-state index contributed by atoms with van der Waals surface area (Å²) in [6, 6.07) is 14.4. The molecule has 0 spiro atoms. The monoisotopic (exact) mass is 327 g/mol. The van der Waals surface area contributed by atoms with Gasteiger partial charge in [0.15, 0.2) is 0 Å². The van der Waals surface area contributed by atoms with E-state index < -0.39 is 0 Å². The van der Waals surface area contributed by atoms with E-state index in [4.69, 9.17) is 14.2 Å². The van der Waals surface area contributed by atoms with Crippen LogP contribution in [0.4, 0.5) is 5.69 Å². The molecule has 1 aliphatic heterocycles. The van der Waals surface area contributed by atoms with Gasteiger partial charge in [-0.05, 0) is 55.3 Å². The quantitative estimate of drug-likeness (QED) is 0.882. The van der Waals surface area contributed by atoms with Crippen LogP contribution in [0.15, 0.2) is 48.5 Å². The number of carbonyl (C=O) groups is 1. The van der Waals surface area contributed by atoms with Crippen molar-refractivity contribution in [3.63, 3.8) is 0 Å². The molecule has 0 aliphatic carbocycles. The van der Waals surface area contributed by atoms with E-state index in [9.17, 15) is 4.79 Å². The molecule has 0 aromatic heterocycles. The van der Waals surface area contributed by atoms with Crippen molar-refractivity contribution in [1.82, 2.24) is 0 Å². The highest BCUT2D eigenvalue weighted by Gasteiger charge is 2.16. The number of rotatable bonds is 6. The van der Waals surface area contributed by atoms with Crippen LogP contribution in [-0.2, 0) is 4.74 Å². The third kappa shape index (κ3) is 4.26. The summed E-state index contributed by atoms with van der Waals surface area (Å²) in [5.74, 6) is 1.24. The molecule has 2 aromatic carbocycles. The van der Waals surface area contributed by atoms with Gasteiger partial charge >= 0.3 is 0 Å². The van der Waals surface area contributed by atoms with Gasteiger partial charge in [0.2, 0.25) is 0 Å². The second-order valence-electron chi connectivity index (χ2n) is 5.66. The molecule has 1 unspecified atom stereocenters. The number of carbonyl (C=O) groups excluding carboxylic acids is 1. The Bertz CT molecular complexity index is 678. The van der Waals surface area contributed by atoms with Gasteiger partial charge < -0.3 is 19.5 Å². The van der Waals surface area contributed by atoms with Crippen LogP contribution in [0.25, 0.3) is 0 Å². The van der Waals surface area contributed by atoms with Gasteiger partial charge in [0.25, 0.3) is 5.91 Å². The Labute approximate surface area is 141 Å². The first-order valence-corrected chi connectivity index (χ1v) is 8.04. The number of benzene rings is 2. The molecule has 3 rings (SSSR count). The minimum absolute atomic E-state index is 0.154. The molecule has 2 aromatic rings. The predicted molar refractivity (Wildman–Crippen MR) is 91.9 cm³/mol. The summed E-state index contributed by atoms with van der Waals surface area (Å²) < 4.78 is 16.4. The molecule has 1 fully saturated rings. The number of hydrogen-bond acceptors (Lipinski definition) is 4. The number of nitrogens with one attached hydrogen (secondary N) is 1. The zero-order valence-corrected chi connectivity index (χ0v) is 13.7. The summed E-state index contributed by atoms with van der Waals surface area (Å²) in [6.07, 6.45) is 2.26. The molecular weight excluding hydrogens is 306 g/mol. The number of amides is 1. The van der Waals surface area contributed by atoms with Crippen LogP contribution in [0.5, 0.6) is 11.5 Å². The van der Waals surface area contributed by atoms with Crippen molar-refractivity contribution >= 4 is 11.6 Å². The average molecular weight is 327 g/mol. The van der Waals surface area contributed by atoms with Gasteiger partial charge in [0.05, 0.1) is 13.2 Å². The molecule has 1 N–H and O–H groups in total. The first-order valence-electron chi connectivity index (χ1n) is 8.04. The standard InChI is InChI=1S/C19H21NO4/c1-22-16-9-7-15(8-10-16)20-19(21)14-4-2-5-17(12-14)24-13-18-6-3-11-23-18/h2,4-5,7-10,12,18H,3,6,11,13H2,1H3,(H,20,21). The van der Waals surface area contributed by atoms with Crippen LogP contribution < -0.4 is 14.8 Å². The van der Waals surface area contributed by atoms with E-state index in [1.54, 1.807) is 43.5 Å². The van der Waals surface area contributed by atoms with E-state index in [1.165, 1.54) is 0 Å². The van der Waals surface area contributed by atoms with Gasteiger partial charge in [-0.2, -0.15) is 0 Å². The predicted octanol–water partition coefficient (Wildman–Crippen LogP) is 3.51. The minimum Gasteiger partial charge on any atom is -0.497 e. The maximum atomic E-state index is 12.4. The van der Waals surface area contributed by atoms with Crippen LogP contribution in [0.1, 0.15) is 23.2 Å². The highest BCUT2D eigenvalue weighted by Crippen LogP contribution is 2.19. The van der Waals surface area contributed by atoms with Gasteiger partial charge in [-0.1, -0.05) is 6.07 Å². The van der Waals surface area contributed by atoms with Gasteiger partial charge in [-0.3, -0.25) is 4.79 Å². The summed E-state index contributed by atoms with van der Waals surface area (Å²) in [5.41, 5.74) is 1.27. The summed E-state index contributed by atoms with van der Waals surface area (Å²) in [5, 5.41) is 2.86. The first-order chi connectivity index (χ1) is 11.7. The zero-order chi connectivity index (χ0) is 16.8. The SMILES string of the molecule is COc1ccc(NC(=O)c2cccc(OCC3CCCO3)c2)cc1. The third-order valence-corrected chi connectivity index (χ3v) is 3.90. The van der Waals surface area contributed by atoms with Crippen LogP contribution in [0.3, 0.4) is 0 Å². The summed E-state index contributed by atoms with van der Waals surface area (Å²) in [7, 11) is 1.61. The number of hydrogen-bond donors (Lipinski definition) is 1. The molecule has 1 amide bonds. The molecule has 0 radical (unpaired) electrons. The van der Waals surface area contributed by atoms with E-state index in [2.05, 4.69) is 5.32 Å². The molecule has 126 valence electrons. The van der Waals surface area contributed by atoms with Crippen molar-refractivity contribution in [2.24, 2.45) is 0 Å². The molecule has 1 aliphatic rings. The Morgan fingerprint density at radius 3 is 2.75 bits per heavy atom. The van der Waals surface area contributed by atoms with E-state index >= 15 is 0 Å². The largest absolute Gasteiger partial charge is 0.497 e. The van der Waals surface area contributed by atoms with Crippen molar-refractivity contribution in [3.05, 3.63) is 54.1 Å². The van der Waals surface area contributed by atoms with Crippen molar-refractivity contribution in [1.29, 1.82) is 0 Å². The fraction of sp³-hybridized carbons (Fsp3) is 0.316. The number of anilines is 1. The van der Waals surface area contributed by atoms with Crippen molar-refractivity contribution in [3.8, 4) is 11.5 Å². The second kappa shape index (κ2) is 7.84. The normalized spacial score (nSPS) is 16.6. The Hall–Kier alpha value is -2.53. The molecule has 1 saturated heterocycles. The molecule has 0 saturated carbocycles. The molecular formula is C19H21NO4. The van der Waals surface area contributed by atoms with E-state index in [1.807, 2.05) is 12.1 Å². The summed E-state index contributed by atoms with van der Waals surface area (Å²) in [6.45, 7) is 1.32. The average Bonchev–Trinajstić information content (AvgIpc) is 3.14. The topological polar surface area (TPSA) is 56.8 Å². The lowest BCUT2D eigenvalue weighted by Crippen LogP contribution is -2.17. The zero-order valence-electron chi connectivity index (χ0n) is 13.7. The Morgan fingerprint density at radius 1 is 1.21 bits per heavy atom. The lowest BCUT2D eigenvalue weighted by molar-refractivity contribution is 0.0679. The highest BCUT2D eigenvalue weighted by atomic mass is 16.5. The second-order valence-corrected chi connectivity index (χ2v) is 5.66. The van der Waals surface area contributed by atoms with Crippen LogP contribution in [0.2, 0.25) is 0 Å². The third-order valence-electron chi connectivity index (χ3n) is 3.90. The fourth-order valence-electron chi connectivity index (χ4n) is 2.57. The van der Waals surface area contributed by atoms with Crippen LogP contribution in [-0.4, -0.2) is 32.3 Å². The fourth-order valence-corrected chi connectivity index (χ4v) is 2.57. The van der Waals surface area contributed by atoms with Crippen molar-refractivity contribution in [2.45, 2.75) is 18.9 Å². The maximum Gasteiger partial charge on any atom is 0.255 e. The van der Waals surface area contributed by atoms with Gasteiger partial charge in [0.1, 0.15) is 18.1 Å². The Balaban J connectivity index is 1.60. The van der Waals surface area contributed by atoms with E-state index in [0.717, 1.165) is 25.2 Å². The minimum atomic E-state index is -0.178. The van der Waals surface area contributed by atoms with Crippen LogP contribution in [0, 0.1) is 0 Å². The van der Waals surface area contributed by atoms with Crippen LogP contribution >= 0.6 is 0 Å². The Morgan fingerprint density at radius 2 is 2.04 bits per heavy atom. The van der Waals surface area contributed by atoms with E-state index in [-0.39, 0.29) is 12.0 Å². The Kier molecular flexibility index (Phi) is 5.33. The van der Waals surface area contributed by atoms with Gasteiger partial charge in [-0.15, -0.1) is 0 Å². The van der Waals surface area contributed by atoms with Crippen molar-refractivity contribution in [2.75, 3.05) is 25.6 Å². The molecule has 1 atom stereocenters. The van der Waals surface area contributed by atoms with Crippen molar-refractivity contribution < 1.29 is 19.0 Å². The molecule has 5 heteroatoms. The lowest BCUT2D eigenvalue weighted by Gasteiger charge is -2.12. The smallest absolute Gasteiger partial charge is 0.255 e. The molecule has 5 nitrogen and oxygen atoms in total. The highest BCUT2D eigenvalue weighted by molar-refractivity contribution is 6.04. The molecule has 1 heterocycles. The maximum absolute atomic E-state index is 12.4.